The fourth-order valence-corrected chi connectivity index (χ4v) is 3.75. The highest BCUT2D eigenvalue weighted by Crippen LogP contribution is 2.35. The number of nitrogens with two attached hydrogens (primary N) is 1. The van der Waals surface area contributed by atoms with Crippen LogP contribution in [-0.4, -0.2) is 21.7 Å². The maximum absolute atomic E-state index is 13.7. The molecule has 0 amide bonds. The molecule has 0 saturated heterocycles. The molecule has 1 aromatic carbocycles. The van der Waals surface area contributed by atoms with E-state index in [1.54, 1.807) is 11.8 Å². The van der Waals surface area contributed by atoms with Crippen molar-refractivity contribution in [1.82, 2.24) is 4.98 Å². The van der Waals surface area contributed by atoms with E-state index in [0.29, 0.717) is 5.17 Å². The Kier molecular flexibility index (Phi) is 4.66. The smallest absolute Gasteiger partial charge is 0.188 e. The van der Waals surface area contributed by atoms with E-state index < -0.39 is 5.82 Å². The van der Waals surface area contributed by atoms with Crippen LogP contribution in [0, 0.1) is 5.82 Å². The lowest BCUT2D eigenvalue weighted by molar-refractivity contribution is 0.0984. The molecule has 0 aliphatic carbocycles. The van der Waals surface area contributed by atoms with E-state index in [1.165, 1.54) is 18.3 Å². The van der Waals surface area contributed by atoms with Gasteiger partial charge < -0.3 is 5.73 Å². The van der Waals surface area contributed by atoms with Crippen LogP contribution in [0.15, 0.2) is 47.6 Å². The molecule has 0 unspecified atom stereocenters. The van der Waals surface area contributed by atoms with E-state index in [1.807, 2.05) is 31.2 Å². The van der Waals surface area contributed by atoms with Crippen LogP contribution < -0.4 is 5.73 Å². The number of Topliss-reactive ketones (excluding diaryl/α,β-unsaturated/α-hetero) is 1. The molecule has 124 valence electrons. The molecule has 6 heteroatoms. The highest BCUT2D eigenvalue weighted by Gasteiger charge is 2.29. The van der Waals surface area contributed by atoms with Crippen LogP contribution in [0.4, 0.5) is 4.39 Å². The Morgan fingerprint density at radius 3 is 2.96 bits per heavy atom. The molecule has 1 aliphatic heterocycles. The molecule has 1 aromatic heterocycles. The van der Waals surface area contributed by atoms with Gasteiger partial charge in [0.25, 0.3) is 0 Å². The van der Waals surface area contributed by atoms with Crippen molar-refractivity contribution in [2.24, 2.45) is 10.7 Å². The molecule has 0 fully saturated rings. The van der Waals surface area contributed by atoms with Gasteiger partial charge in [-0.25, -0.2) is 4.39 Å². The van der Waals surface area contributed by atoms with E-state index in [9.17, 15) is 9.18 Å². The number of amidine groups is 1. The number of carbonyl (C=O) groups is 1. The van der Waals surface area contributed by atoms with Crippen molar-refractivity contribution in [3.63, 3.8) is 0 Å². The van der Waals surface area contributed by atoms with Gasteiger partial charge in [-0.1, -0.05) is 36.0 Å². The van der Waals surface area contributed by atoms with Crippen LogP contribution in [0.2, 0.25) is 0 Å². The Balaban J connectivity index is 1.85. The van der Waals surface area contributed by atoms with E-state index in [2.05, 4.69) is 9.98 Å². The van der Waals surface area contributed by atoms with Gasteiger partial charge in [0.1, 0.15) is 5.69 Å². The SMILES string of the molecule is C[C@@]1(c2cccc(CC(=O)c3ncccc3F)c2)CCSC(N)=N1. The van der Waals surface area contributed by atoms with Gasteiger partial charge in [0, 0.05) is 18.4 Å². The van der Waals surface area contributed by atoms with Gasteiger partial charge in [0.15, 0.2) is 16.8 Å². The van der Waals surface area contributed by atoms with E-state index >= 15 is 0 Å². The molecule has 4 nitrogen and oxygen atoms in total. The van der Waals surface area contributed by atoms with Crippen LogP contribution in [-0.2, 0) is 12.0 Å². The summed E-state index contributed by atoms with van der Waals surface area (Å²) >= 11 is 1.55. The number of rotatable bonds is 4. The molecule has 0 bridgehead atoms. The number of nitrogens with zero attached hydrogens (tertiary/aromatic N) is 2. The predicted octanol–water partition coefficient (Wildman–Crippen LogP) is 3.31. The molecule has 0 saturated carbocycles. The number of aromatic nitrogens is 1. The number of carbonyl (C=O) groups excluding carboxylic acids is 1. The van der Waals surface area contributed by atoms with Gasteiger partial charge in [-0.05, 0) is 36.6 Å². The van der Waals surface area contributed by atoms with Crippen molar-refractivity contribution in [2.45, 2.75) is 25.3 Å². The Morgan fingerprint density at radius 2 is 2.21 bits per heavy atom. The maximum Gasteiger partial charge on any atom is 0.188 e. The molecule has 0 radical (unpaired) electrons. The van der Waals surface area contributed by atoms with Crippen molar-refractivity contribution >= 4 is 22.7 Å². The number of ketones is 1. The molecule has 1 atom stereocenters. The third kappa shape index (κ3) is 3.48. The van der Waals surface area contributed by atoms with Crippen molar-refractivity contribution in [1.29, 1.82) is 0 Å². The maximum atomic E-state index is 13.7. The Hall–Kier alpha value is -2.21. The van der Waals surface area contributed by atoms with E-state index in [-0.39, 0.29) is 23.4 Å². The summed E-state index contributed by atoms with van der Waals surface area (Å²) < 4.78 is 13.7. The predicted molar refractivity (Wildman–Crippen MR) is 94.7 cm³/mol. The molecule has 24 heavy (non-hydrogen) atoms. The third-order valence-electron chi connectivity index (χ3n) is 4.13. The fourth-order valence-electron chi connectivity index (χ4n) is 2.77. The monoisotopic (exact) mass is 343 g/mol. The highest BCUT2D eigenvalue weighted by atomic mass is 32.2. The number of benzene rings is 1. The second-order valence-corrected chi connectivity index (χ2v) is 7.07. The number of pyridine rings is 1. The van der Waals surface area contributed by atoms with Crippen LogP contribution in [0.5, 0.6) is 0 Å². The molecule has 3 rings (SSSR count). The average Bonchev–Trinajstić information content (AvgIpc) is 2.55. The lowest BCUT2D eigenvalue weighted by atomic mass is 9.88. The minimum atomic E-state index is -0.590. The van der Waals surface area contributed by atoms with Gasteiger partial charge in [0.05, 0.1) is 5.54 Å². The van der Waals surface area contributed by atoms with Gasteiger partial charge in [-0.2, -0.15) is 0 Å². The van der Waals surface area contributed by atoms with Crippen LogP contribution in [0.25, 0.3) is 0 Å². The Morgan fingerprint density at radius 1 is 1.38 bits per heavy atom. The molecule has 1 aliphatic rings. The van der Waals surface area contributed by atoms with Crippen LogP contribution in [0.1, 0.15) is 35.0 Å². The molecular weight excluding hydrogens is 325 g/mol. The Bertz CT molecular complexity index is 808. The third-order valence-corrected chi connectivity index (χ3v) is 4.93. The zero-order chi connectivity index (χ0) is 17.2. The number of hydrogen-bond donors (Lipinski definition) is 1. The zero-order valence-electron chi connectivity index (χ0n) is 13.3. The van der Waals surface area contributed by atoms with E-state index in [0.717, 1.165) is 23.3 Å². The first kappa shape index (κ1) is 16.6. The van der Waals surface area contributed by atoms with Gasteiger partial charge in [0.2, 0.25) is 0 Å². The van der Waals surface area contributed by atoms with Crippen molar-refractivity contribution < 1.29 is 9.18 Å². The summed E-state index contributed by atoms with van der Waals surface area (Å²) in [7, 11) is 0. The fraction of sp³-hybridized carbons (Fsp3) is 0.278. The van der Waals surface area contributed by atoms with Gasteiger partial charge in [-0.3, -0.25) is 14.8 Å². The van der Waals surface area contributed by atoms with Crippen molar-refractivity contribution in [3.8, 4) is 0 Å². The molecule has 0 spiro atoms. The summed E-state index contributed by atoms with van der Waals surface area (Å²) in [6.07, 6.45) is 2.40. The first-order chi connectivity index (χ1) is 11.5. The number of hydrogen-bond acceptors (Lipinski definition) is 5. The summed E-state index contributed by atoms with van der Waals surface area (Å²) in [5.41, 5.74) is 7.19. The molecule has 2 heterocycles. The highest BCUT2D eigenvalue weighted by molar-refractivity contribution is 8.13. The topological polar surface area (TPSA) is 68.3 Å². The minimum absolute atomic E-state index is 0.103. The summed E-state index contributed by atoms with van der Waals surface area (Å²) in [4.78, 5) is 20.7. The normalized spacial score (nSPS) is 20.5. The van der Waals surface area contributed by atoms with E-state index in [4.69, 9.17) is 5.73 Å². The summed E-state index contributed by atoms with van der Waals surface area (Å²) in [6.45, 7) is 2.04. The Labute approximate surface area is 144 Å². The van der Waals surface area contributed by atoms with Crippen LogP contribution >= 0.6 is 11.8 Å². The zero-order valence-corrected chi connectivity index (χ0v) is 14.1. The molecular formula is C18H18FN3OS. The van der Waals surface area contributed by atoms with Crippen molar-refractivity contribution in [3.05, 3.63) is 65.2 Å². The first-order valence-electron chi connectivity index (χ1n) is 7.69. The lowest BCUT2D eigenvalue weighted by Crippen LogP contribution is -2.28. The molecule has 2 aromatic rings. The largest absolute Gasteiger partial charge is 0.379 e. The number of aliphatic imine (C=N–C) groups is 1. The summed E-state index contributed by atoms with van der Waals surface area (Å²) in [5.74, 6) is -0.0152. The second kappa shape index (κ2) is 6.73. The standard InChI is InChI=1S/C18H18FN3OS/c1-18(7-9-24-17(20)22-18)13-5-2-4-12(10-13)11-15(23)16-14(19)6-3-8-21-16/h2-6,8,10H,7,9,11H2,1H3,(H2,20,22)/t18-/m0/s1. The first-order valence-corrected chi connectivity index (χ1v) is 8.68. The van der Waals surface area contributed by atoms with Gasteiger partial charge >= 0.3 is 0 Å². The van der Waals surface area contributed by atoms with Crippen molar-refractivity contribution in [2.75, 3.05) is 5.75 Å². The second-order valence-electron chi connectivity index (χ2n) is 5.96. The summed E-state index contributed by atoms with van der Waals surface area (Å²) in [6, 6.07) is 10.4. The molecule has 2 N–H and O–H groups in total. The lowest BCUT2D eigenvalue weighted by Gasteiger charge is -2.30. The number of thioether (sulfide) groups is 1. The minimum Gasteiger partial charge on any atom is -0.379 e. The number of halogens is 1. The quantitative estimate of drug-likeness (QED) is 0.865. The van der Waals surface area contributed by atoms with Crippen LogP contribution in [0.3, 0.4) is 0 Å². The van der Waals surface area contributed by atoms with Gasteiger partial charge in [-0.15, -0.1) is 0 Å². The summed E-state index contributed by atoms with van der Waals surface area (Å²) in [5, 5.41) is 0.584. The average molecular weight is 343 g/mol.